The molecule has 0 amide bonds. The lowest BCUT2D eigenvalue weighted by molar-refractivity contribution is -0.387. The number of hydrogen-bond acceptors (Lipinski definition) is 3. The van der Waals surface area contributed by atoms with Crippen molar-refractivity contribution in [2.45, 2.75) is 6.54 Å². The average molecular weight is 299 g/mol. The first kappa shape index (κ1) is 14.2. The molecule has 104 valence electrons. The molecule has 0 saturated heterocycles. The first-order valence-electron chi connectivity index (χ1n) is 5.59. The molecule has 4 nitrogen and oxygen atoms in total. The molecule has 0 saturated carbocycles. The number of nitro groups is 1. The minimum atomic E-state index is -0.948. The number of nitrogens with one attached hydrogen (secondary N) is 1. The summed E-state index contributed by atoms with van der Waals surface area (Å²) >= 11 is 5.63. The van der Waals surface area contributed by atoms with Gasteiger partial charge in [0, 0.05) is 35.0 Å². The minimum absolute atomic E-state index is 0.111. The van der Waals surface area contributed by atoms with Crippen molar-refractivity contribution >= 4 is 23.0 Å². The maximum Gasteiger partial charge on any atom is 0.304 e. The van der Waals surface area contributed by atoms with Gasteiger partial charge in [0.05, 0.1) is 4.92 Å². The Morgan fingerprint density at radius 2 is 1.90 bits per heavy atom. The summed E-state index contributed by atoms with van der Waals surface area (Å²) in [5.41, 5.74) is 0.0730. The number of hydrogen-bond donors (Lipinski definition) is 1. The van der Waals surface area contributed by atoms with E-state index in [2.05, 4.69) is 5.32 Å². The van der Waals surface area contributed by atoms with Gasteiger partial charge in [-0.25, -0.2) is 4.39 Å². The van der Waals surface area contributed by atoms with Crippen molar-refractivity contribution in [2.24, 2.45) is 0 Å². The maximum absolute atomic E-state index is 13.5. The second-order valence-electron chi connectivity index (χ2n) is 4.01. The van der Waals surface area contributed by atoms with Crippen LogP contribution < -0.4 is 5.32 Å². The van der Waals surface area contributed by atoms with Crippen LogP contribution in [-0.2, 0) is 6.54 Å². The first-order chi connectivity index (χ1) is 9.47. The molecule has 0 aliphatic rings. The van der Waals surface area contributed by atoms with E-state index in [1.807, 2.05) is 0 Å². The first-order valence-corrected chi connectivity index (χ1v) is 5.97. The lowest BCUT2D eigenvalue weighted by atomic mass is 10.2. The Morgan fingerprint density at radius 1 is 1.15 bits per heavy atom. The normalized spacial score (nSPS) is 10.3. The summed E-state index contributed by atoms with van der Waals surface area (Å²) < 4.78 is 26.9. The average Bonchev–Trinajstić information content (AvgIpc) is 2.37. The van der Waals surface area contributed by atoms with Gasteiger partial charge in [-0.2, -0.15) is 4.39 Å². The Kier molecular flexibility index (Phi) is 4.14. The van der Waals surface area contributed by atoms with E-state index >= 15 is 0 Å². The molecule has 0 aromatic heterocycles. The topological polar surface area (TPSA) is 55.2 Å². The summed E-state index contributed by atoms with van der Waals surface area (Å²) in [6, 6.07) is 7.62. The van der Waals surface area contributed by atoms with Crippen LogP contribution in [0.1, 0.15) is 5.56 Å². The van der Waals surface area contributed by atoms with Crippen LogP contribution in [0.5, 0.6) is 0 Å². The molecule has 20 heavy (non-hydrogen) atoms. The zero-order valence-corrected chi connectivity index (χ0v) is 10.8. The predicted octanol–water partition coefficient (Wildman–Crippen LogP) is 4.14. The standard InChI is InChI=1S/C13H9ClF2N2O2/c14-9-2-1-8(11(15)5-9)7-17-10-3-4-13(18(19)20)12(16)6-10/h1-6,17H,7H2. The second-order valence-corrected chi connectivity index (χ2v) is 4.45. The third kappa shape index (κ3) is 3.21. The van der Waals surface area contributed by atoms with Gasteiger partial charge in [-0.15, -0.1) is 0 Å². The lowest BCUT2D eigenvalue weighted by Gasteiger charge is -2.08. The van der Waals surface area contributed by atoms with Gasteiger partial charge >= 0.3 is 5.69 Å². The summed E-state index contributed by atoms with van der Waals surface area (Å²) in [6.45, 7) is 0.111. The van der Waals surface area contributed by atoms with Gasteiger partial charge in [0.1, 0.15) is 5.82 Å². The van der Waals surface area contributed by atoms with Crippen LogP contribution in [0.2, 0.25) is 5.02 Å². The molecule has 7 heteroatoms. The van der Waals surface area contributed by atoms with Crippen molar-refractivity contribution < 1.29 is 13.7 Å². The quantitative estimate of drug-likeness (QED) is 0.682. The highest BCUT2D eigenvalue weighted by Crippen LogP contribution is 2.22. The Bertz CT molecular complexity index is 665. The second kappa shape index (κ2) is 5.83. The number of rotatable bonds is 4. The number of halogens is 3. The zero-order valence-electron chi connectivity index (χ0n) is 10.1. The molecule has 2 aromatic rings. The van der Waals surface area contributed by atoms with E-state index < -0.39 is 22.2 Å². The zero-order chi connectivity index (χ0) is 14.7. The van der Waals surface area contributed by atoms with Gasteiger partial charge in [-0.3, -0.25) is 10.1 Å². The van der Waals surface area contributed by atoms with E-state index in [0.29, 0.717) is 11.3 Å². The molecule has 0 aliphatic heterocycles. The molecule has 0 atom stereocenters. The molecule has 2 aromatic carbocycles. The summed E-state index contributed by atoms with van der Waals surface area (Å²) in [5, 5.41) is 13.5. The molecular formula is C13H9ClF2N2O2. The fourth-order valence-electron chi connectivity index (χ4n) is 1.63. The Hall–Kier alpha value is -2.21. The molecule has 0 heterocycles. The molecule has 0 aliphatic carbocycles. The number of anilines is 1. The minimum Gasteiger partial charge on any atom is -0.381 e. The van der Waals surface area contributed by atoms with E-state index in [4.69, 9.17) is 11.6 Å². The Balaban J connectivity index is 2.11. The summed E-state index contributed by atoms with van der Waals surface area (Å²) in [7, 11) is 0. The fourth-order valence-corrected chi connectivity index (χ4v) is 1.79. The van der Waals surface area contributed by atoms with Crippen molar-refractivity contribution in [3.63, 3.8) is 0 Å². The SMILES string of the molecule is O=[N+]([O-])c1ccc(NCc2ccc(Cl)cc2F)cc1F. The number of nitro benzene ring substituents is 1. The number of nitrogens with zero attached hydrogens (tertiary/aromatic N) is 1. The molecule has 0 unspecified atom stereocenters. The van der Waals surface area contributed by atoms with Crippen LogP contribution in [0, 0.1) is 21.7 Å². The highest BCUT2D eigenvalue weighted by Gasteiger charge is 2.13. The molecule has 0 radical (unpaired) electrons. The third-order valence-electron chi connectivity index (χ3n) is 2.64. The molecule has 0 spiro atoms. The monoisotopic (exact) mass is 298 g/mol. The Labute approximate surface area is 118 Å². The van der Waals surface area contributed by atoms with Gasteiger partial charge < -0.3 is 5.32 Å². The predicted molar refractivity (Wildman–Crippen MR) is 71.8 cm³/mol. The lowest BCUT2D eigenvalue weighted by Crippen LogP contribution is -2.02. The van der Waals surface area contributed by atoms with E-state index in [0.717, 1.165) is 12.1 Å². The van der Waals surface area contributed by atoms with Crippen molar-refractivity contribution in [3.05, 3.63) is 68.7 Å². The maximum atomic E-state index is 13.5. The van der Waals surface area contributed by atoms with Crippen molar-refractivity contribution in [1.29, 1.82) is 0 Å². The van der Waals surface area contributed by atoms with Crippen LogP contribution in [0.4, 0.5) is 20.2 Å². The smallest absolute Gasteiger partial charge is 0.304 e. The highest BCUT2D eigenvalue weighted by molar-refractivity contribution is 6.30. The fraction of sp³-hybridized carbons (Fsp3) is 0.0769. The van der Waals surface area contributed by atoms with Crippen LogP contribution in [0.15, 0.2) is 36.4 Å². The van der Waals surface area contributed by atoms with Crippen molar-refractivity contribution in [1.82, 2.24) is 0 Å². The van der Waals surface area contributed by atoms with Crippen molar-refractivity contribution in [3.8, 4) is 0 Å². The van der Waals surface area contributed by atoms with Crippen LogP contribution in [-0.4, -0.2) is 4.92 Å². The summed E-state index contributed by atoms with van der Waals surface area (Å²) in [6.07, 6.45) is 0. The van der Waals surface area contributed by atoms with Gasteiger partial charge in [0.2, 0.25) is 5.82 Å². The molecule has 0 bridgehead atoms. The largest absolute Gasteiger partial charge is 0.381 e. The van der Waals surface area contributed by atoms with Gasteiger partial charge in [-0.05, 0) is 18.2 Å². The van der Waals surface area contributed by atoms with E-state index in [1.165, 1.54) is 24.3 Å². The highest BCUT2D eigenvalue weighted by atomic mass is 35.5. The number of benzene rings is 2. The molecule has 0 fully saturated rings. The molecule has 1 N–H and O–H groups in total. The summed E-state index contributed by atoms with van der Waals surface area (Å²) in [5.74, 6) is -1.43. The van der Waals surface area contributed by atoms with Gasteiger partial charge in [-0.1, -0.05) is 17.7 Å². The van der Waals surface area contributed by atoms with Crippen LogP contribution in [0.3, 0.4) is 0 Å². The summed E-state index contributed by atoms with van der Waals surface area (Å²) in [4.78, 5) is 9.66. The van der Waals surface area contributed by atoms with Gasteiger partial charge in [0.15, 0.2) is 0 Å². The van der Waals surface area contributed by atoms with Crippen LogP contribution in [0.25, 0.3) is 0 Å². The van der Waals surface area contributed by atoms with Crippen molar-refractivity contribution in [2.75, 3.05) is 5.32 Å². The van der Waals surface area contributed by atoms with E-state index in [1.54, 1.807) is 0 Å². The molecule has 2 rings (SSSR count). The van der Waals surface area contributed by atoms with E-state index in [-0.39, 0.29) is 11.6 Å². The van der Waals surface area contributed by atoms with Gasteiger partial charge in [0.25, 0.3) is 0 Å². The third-order valence-corrected chi connectivity index (χ3v) is 2.88. The Morgan fingerprint density at radius 3 is 2.50 bits per heavy atom. The van der Waals surface area contributed by atoms with E-state index in [9.17, 15) is 18.9 Å². The molecular weight excluding hydrogens is 290 g/mol. The van der Waals surface area contributed by atoms with Crippen LogP contribution >= 0.6 is 11.6 Å².